The van der Waals surface area contributed by atoms with E-state index in [0.717, 1.165) is 72.1 Å². The monoisotopic (exact) mass is 426 g/mol. The minimum Gasteiger partial charge on any atom is -0.353 e. The Morgan fingerprint density at radius 2 is 1.90 bits per heavy atom. The van der Waals surface area contributed by atoms with E-state index in [2.05, 4.69) is 25.1 Å². The molecule has 150 valence electrons. The Morgan fingerprint density at radius 1 is 0.968 bits per heavy atom. The van der Waals surface area contributed by atoms with Gasteiger partial charge in [-0.1, -0.05) is 0 Å². The summed E-state index contributed by atoms with van der Waals surface area (Å²) in [5, 5.41) is 8.26. The van der Waals surface area contributed by atoms with Crippen molar-refractivity contribution < 1.29 is 4.39 Å². The predicted molar refractivity (Wildman–Crippen MR) is 120 cm³/mol. The Labute approximate surface area is 179 Å². The van der Waals surface area contributed by atoms with E-state index >= 15 is 0 Å². The molecular weight excluding hydrogens is 411 g/mol. The van der Waals surface area contributed by atoms with Crippen molar-refractivity contribution in [3.63, 3.8) is 0 Å². The van der Waals surface area contributed by atoms with Crippen LogP contribution in [0, 0.1) is 12.1 Å². The quantitative estimate of drug-likeness (QED) is 0.378. The third-order valence-corrected chi connectivity index (χ3v) is 6.21. The first-order valence-electron chi connectivity index (χ1n) is 9.67. The van der Waals surface area contributed by atoms with Crippen molar-refractivity contribution >= 4 is 33.3 Å². The van der Waals surface area contributed by atoms with E-state index in [-0.39, 0.29) is 5.13 Å². The number of H-pyrrole nitrogens is 2. The average molecular weight is 426 g/mol. The van der Waals surface area contributed by atoms with Gasteiger partial charge in [-0.3, -0.25) is 15.1 Å². The zero-order chi connectivity index (χ0) is 20.9. The number of rotatable bonds is 3. The lowest BCUT2D eigenvalue weighted by molar-refractivity contribution is 0.657. The van der Waals surface area contributed by atoms with Crippen molar-refractivity contribution in [1.82, 2.24) is 30.1 Å². The second kappa shape index (κ2) is 6.82. The highest BCUT2D eigenvalue weighted by Crippen LogP contribution is 2.35. The van der Waals surface area contributed by atoms with E-state index in [1.807, 2.05) is 43.5 Å². The predicted octanol–water partition coefficient (Wildman–Crippen LogP) is 5.74. The molecule has 0 atom stereocenters. The number of aromatic nitrogens is 6. The fourth-order valence-electron chi connectivity index (χ4n) is 3.79. The van der Waals surface area contributed by atoms with Gasteiger partial charge in [0.2, 0.25) is 0 Å². The van der Waals surface area contributed by atoms with Crippen LogP contribution in [-0.2, 0) is 0 Å². The summed E-state index contributed by atoms with van der Waals surface area (Å²) in [5.74, 6) is 0. The molecule has 0 amide bonds. The summed E-state index contributed by atoms with van der Waals surface area (Å²) in [6.07, 6.45) is 5.32. The Balaban J connectivity index is 1.52. The molecule has 6 rings (SSSR count). The average Bonchev–Trinajstić information content (AvgIpc) is 3.50. The summed E-state index contributed by atoms with van der Waals surface area (Å²) in [4.78, 5) is 17.8. The molecule has 0 aliphatic carbocycles. The number of hydrogen-bond acceptors (Lipinski definition) is 5. The zero-order valence-corrected chi connectivity index (χ0v) is 17.2. The van der Waals surface area contributed by atoms with Crippen LogP contribution in [0.15, 0.2) is 61.1 Å². The van der Waals surface area contributed by atoms with Crippen LogP contribution < -0.4 is 0 Å². The maximum absolute atomic E-state index is 13.6. The van der Waals surface area contributed by atoms with Crippen LogP contribution in [0.2, 0.25) is 0 Å². The highest BCUT2D eigenvalue weighted by molar-refractivity contribution is 7.13. The molecule has 6 aromatic rings. The molecule has 6 heterocycles. The van der Waals surface area contributed by atoms with Gasteiger partial charge in [0.25, 0.3) is 0 Å². The summed E-state index contributed by atoms with van der Waals surface area (Å²) >= 11 is 1.08. The number of halogens is 1. The molecule has 6 nitrogen and oxygen atoms in total. The zero-order valence-electron chi connectivity index (χ0n) is 16.3. The standard InChI is InChI=1S/C23H15FN6S/c1-12-6-8-25-11-14(12)15-2-3-17-22(28-15)23(30-29-17)18-10-13-16(27-18)7-9-26-21(13)19-4-5-20(24)31-19/h2-11,27H,1H3,(H,29,30). The van der Waals surface area contributed by atoms with Gasteiger partial charge in [-0.25, -0.2) is 4.98 Å². The molecule has 0 saturated carbocycles. The molecule has 0 bridgehead atoms. The molecule has 2 N–H and O–H groups in total. The van der Waals surface area contributed by atoms with Crippen LogP contribution in [0.3, 0.4) is 0 Å². The molecule has 0 unspecified atom stereocenters. The number of thiophene rings is 1. The smallest absolute Gasteiger partial charge is 0.177 e. The van der Waals surface area contributed by atoms with Crippen LogP contribution in [-0.4, -0.2) is 30.1 Å². The van der Waals surface area contributed by atoms with Gasteiger partial charge in [-0.05, 0) is 55.0 Å². The number of aryl methyl sites for hydroxylation is 1. The molecule has 0 spiro atoms. The van der Waals surface area contributed by atoms with E-state index in [0.29, 0.717) is 0 Å². The highest BCUT2D eigenvalue weighted by Gasteiger charge is 2.17. The van der Waals surface area contributed by atoms with Crippen molar-refractivity contribution in [3.05, 3.63) is 71.7 Å². The van der Waals surface area contributed by atoms with E-state index in [1.165, 1.54) is 6.07 Å². The fourth-order valence-corrected chi connectivity index (χ4v) is 4.53. The van der Waals surface area contributed by atoms with Crippen LogP contribution in [0.4, 0.5) is 4.39 Å². The number of nitrogens with zero attached hydrogens (tertiary/aromatic N) is 4. The number of hydrogen-bond donors (Lipinski definition) is 2. The van der Waals surface area contributed by atoms with Gasteiger partial charge in [0.05, 0.1) is 27.5 Å². The first-order chi connectivity index (χ1) is 15.2. The summed E-state index contributed by atoms with van der Waals surface area (Å²) < 4.78 is 13.6. The molecule has 0 aromatic carbocycles. The number of nitrogens with one attached hydrogen (secondary N) is 2. The van der Waals surface area contributed by atoms with Crippen LogP contribution in [0.5, 0.6) is 0 Å². The topological polar surface area (TPSA) is 83.1 Å². The van der Waals surface area contributed by atoms with E-state index in [1.54, 1.807) is 18.5 Å². The third-order valence-electron chi connectivity index (χ3n) is 5.33. The molecular formula is C23H15FN6S. The van der Waals surface area contributed by atoms with Gasteiger partial charge in [0.15, 0.2) is 5.13 Å². The molecule has 0 radical (unpaired) electrons. The lowest BCUT2D eigenvalue weighted by Crippen LogP contribution is -1.89. The molecule has 0 aliphatic rings. The summed E-state index contributed by atoms with van der Waals surface area (Å²) in [5.41, 5.74) is 7.74. The minimum absolute atomic E-state index is 0.231. The summed E-state index contributed by atoms with van der Waals surface area (Å²) in [7, 11) is 0. The molecule has 0 aliphatic heterocycles. The van der Waals surface area contributed by atoms with Crippen molar-refractivity contribution in [1.29, 1.82) is 0 Å². The Kier molecular flexibility index (Phi) is 3.94. The minimum atomic E-state index is -0.231. The Morgan fingerprint density at radius 3 is 2.74 bits per heavy atom. The first kappa shape index (κ1) is 17.9. The van der Waals surface area contributed by atoms with Gasteiger partial charge in [-0.15, -0.1) is 11.3 Å². The number of fused-ring (bicyclic) bond motifs is 2. The Bertz CT molecular complexity index is 1580. The van der Waals surface area contributed by atoms with Crippen molar-refractivity contribution in [2.24, 2.45) is 0 Å². The van der Waals surface area contributed by atoms with Gasteiger partial charge in [-0.2, -0.15) is 9.49 Å². The molecule has 0 fully saturated rings. The van der Waals surface area contributed by atoms with E-state index in [9.17, 15) is 4.39 Å². The normalized spacial score (nSPS) is 11.5. The second-order valence-electron chi connectivity index (χ2n) is 7.26. The molecule has 31 heavy (non-hydrogen) atoms. The van der Waals surface area contributed by atoms with Crippen LogP contribution in [0.1, 0.15) is 5.56 Å². The molecule has 0 saturated heterocycles. The third kappa shape index (κ3) is 2.91. The van der Waals surface area contributed by atoms with Crippen LogP contribution >= 0.6 is 11.3 Å². The summed E-state index contributed by atoms with van der Waals surface area (Å²) in [6.45, 7) is 2.04. The van der Waals surface area contributed by atoms with Crippen molar-refractivity contribution in [2.75, 3.05) is 0 Å². The van der Waals surface area contributed by atoms with Gasteiger partial charge < -0.3 is 4.98 Å². The fraction of sp³-hybridized carbons (Fsp3) is 0.0435. The molecule has 8 heteroatoms. The SMILES string of the molecule is Cc1ccncc1-c1ccc2[nH]nc(-c3cc4c(-c5ccc(F)s5)nccc4[nH]3)c2n1. The lowest BCUT2D eigenvalue weighted by atomic mass is 10.1. The maximum atomic E-state index is 13.6. The van der Waals surface area contributed by atoms with E-state index < -0.39 is 0 Å². The maximum Gasteiger partial charge on any atom is 0.177 e. The van der Waals surface area contributed by atoms with Gasteiger partial charge in [0, 0.05) is 35.1 Å². The lowest BCUT2D eigenvalue weighted by Gasteiger charge is -2.04. The van der Waals surface area contributed by atoms with E-state index in [4.69, 9.17) is 4.98 Å². The Hall–Kier alpha value is -3.91. The largest absolute Gasteiger partial charge is 0.353 e. The van der Waals surface area contributed by atoms with Crippen LogP contribution in [0.25, 0.3) is 55.2 Å². The molecule has 6 aromatic heterocycles. The van der Waals surface area contributed by atoms with Crippen molar-refractivity contribution in [2.45, 2.75) is 6.92 Å². The first-order valence-corrected chi connectivity index (χ1v) is 10.5. The van der Waals surface area contributed by atoms with Crippen molar-refractivity contribution in [3.8, 4) is 33.2 Å². The van der Waals surface area contributed by atoms with Gasteiger partial charge in [0.1, 0.15) is 11.2 Å². The van der Waals surface area contributed by atoms with Gasteiger partial charge >= 0.3 is 0 Å². The number of aromatic amines is 2. The second-order valence-corrected chi connectivity index (χ2v) is 8.30. The summed E-state index contributed by atoms with van der Waals surface area (Å²) in [6, 6.07) is 13.0. The highest BCUT2D eigenvalue weighted by atomic mass is 32.1. The number of pyridine rings is 3.